The Balaban J connectivity index is 1.17. The molecule has 1 amide bonds. The standard InChI is InChI=1S/C28H33F3N6O3Si/c1-41(2)16-15-39-20-37-25(9-10-32-37)21-3-5-23(6-4-21)40-24-7-8-26-33-22(18-36(26)19-24)17-34-11-13-35(14-12-34)27(38)28(29,30)31/h3-10,18-19,41H,11-17,20H2,1-2H3. The van der Waals surface area contributed by atoms with Gasteiger partial charge in [0, 0.05) is 66.1 Å². The molecule has 0 N–H and O–H groups in total. The number of rotatable bonds is 10. The number of fused-ring (bicyclic) bond motifs is 1. The van der Waals surface area contributed by atoms with E-state index in [4.69, 9.17) is 9.47 Å². The third kappa shape index (κ3) is 7.34. The van der Waals surface area contributed by atoms with Crippen molar-refractivity contribution in [2.45, 2.75) is 38.6 Å². The van der Waals surface area contributed by atoms with Gasteiger partial charge in [0.1, 0.15) is 23.9 Å². The third-order valence-electron chi connectivity index (χ3n) is 6.92. The van der Waals surface area contributed by atoms with Crippen LogP contribution in [0.5, 0.6) is 11.5 Å². The maximum Gasteiger partial charge on any atom is 0.471 e. The van der Waals surface area contributed by atoms with Crippen molar-refractivity contribution < 1.29 is 27.4 Å². The minimum absolute atomic E-state index is 0.0399. The lowest BCUT2D eigenvalue weighted by Gasteiger charge is -2.34. The fraction of sp³-hybridized carbons (Fsp3) is 0.393. The SMILES string of the molecule is C[SiH](C)CCOCn1nccc1-c1ccc(Oc2ccc3nc(CN4CCN(C(=O)C(F)(F)F)CC4)cn3c2)cc1. The molecule has 1 aromatic carbocycles. The van der Waals surface area contributed by atoms with Gasteiger partial charge in [0.15, 0.2) is 0 Å². The Morgan fingerprint density at radius 3 is 2.41 bits per heavy atom. The smallest absolute Gasteiger partial charge is 0.456 e. The van der Waals surface area contributed by atoms with Crippen LogP contribution in [0, 0.1) is 0 Å². The summed E-state index contributed by atoms with van der Waals surface area (Å²) in [5.41, 5.74) is 3.50. The van der Waals surface area contributed by atoms with Gasteiger partial charge < -0.3 is 18.8 Å². The molecule has 0 spiro atoms. The van der Waals surface area contributed by atoms with Crippen LogP contribution < -0.4 is 4.74 Å². The van der Waals surface area contributed by atoms with Crippen molar-refractivity contribution in [3.05, 3.63) is 66.7 Å². The Morgan fingerprint density at radius 1 is 0.976 bits per heavy atom. The van der Waals surface area contributed by atoms with Gasteiger partial charge in [0.2, 0.25) is 0 Å². The average molecular weight is 587 g/mol. The topological polar surface area (TPSA) is 77.1 Å². The van der Waals surface area contributed by atoms with Crippen LogP contribution in [0.1, 0.15) is 5.69 Å². The second kappa shape index (κ2) is 12.5. The van der Waals surface area contributed by atoms with Gasteiger partial charge in [-0.05, 0) is 48.5 Å². The molecule has 5 rings (SSSR count). The van der Waals surface area contributed by atoms with E-state index in [2.05, 4.69) is 23.2 Å². The molecule has 0 aliphatic carbocycles. The number of imidazole rings is 1. The molecule has 1 saturated heterocycles. The molecule has 218 valence electrons. The Labute approximate surface area is 237 Å². The van der Waals surface area contributed by atoms with Gasteiger partial charge in [-0.15, -0.1) is 0 Å². The van der Waals surface area contributed by atoms with Gasteiger partial charge in [0.05, 0.1) is 17.6 Å². The number of aromatic nitrogens is 4. The van der Waals surface area contributed by atoms with Gasteiger partial charge in [-0.1, -0.05) is 13.1 Å². The van der Waals surface area contributed by atoms with Crippen LogP contribution in [0.3, 0.4) is 0 Å². The van der Waals surface area contributed by atoms with E-state index in [-0.39, 0.29) is 13.1 Å². The predicted octanol–water partition coefficient (Wildman–Crippen LogP) is 4.66. The summed E-state index contributed by atoms with van der Waals surface area (Å²) in [6.45, 7) is 7.06. The summed E-state index contributed by atoms with van der Waals surface area (Å²) in [7, 11) is -0.634. The molecule has 0 bridgehead atoms. The largest absolute Gasteiger partial charge is 0.471 e. The van der Waals surface area contributed by atoms with Gasteiger partial charge in [-0.25, -0.2) is 9.67 Å². The number of piperazine rings is 1. The van der Waals surface area contributed by atoms with Crippen molar-refractivity contribution >= 4 is 20.4 Å². The minimum atomic E-state index is -4.84. The molecule has 3 aromatic heterocycles. The van der Waals surface area contributed by atoms with Crippen LogP contribution in [0.15, 0.2) is 61.1 Å². The fourth-order valence-corrected chi connectivity index (χ4v) is 5.30. The molecule has 4 heterocycles. The van der Waals surface area contributed by atoms with Gasteiger partial charge in [-0.2, -0.15) is 18.3 Å². The number of hydrogen-bond donors (Lipinski definition) is 0. The third-order valence-corrected chi connectivity index (χ3v) is 8.31. The Bertz CT molecular complexity index is 1460. The van der Waals surface area contributed by atoms with Crippen molar-refractivity contribution in [3.63, 3.8) is 0 Å². The quantitative estimate of drug-likeness (QED) is 0.199. The zero-order valence-electron chi connectivity index (χ0n) is 23.0. The highest BCUT2D eigenvalue weighted by Crippen LogP contribution is 2.27. The van der Waals surface area contributed by atoms with Crippen molar-refractivity contribution in [1.82, 2.24) is 29.0 Å². The molecule has 0 unspecified atom stereocenters. The van der Waals surface area contributed by atoms with Crippen LogP contribution in [-0.4, -0.2) is 82.6 Å². The van der Waals surface area contributed by atoms with E-state index in [0.29, 0.717) is 37.9 Å². The number of halogens is 3. The van der Waals surface area contributed by atoms with Crippen LogP contribution in [0.25, 0.3) is 16.9 Å². The predicted molar refractivity (Wildman–Crippen MR) is 150 cm³/mol. The van der Waals surface area contributed by atoms with E-state index in [0.717, 1.165) is 40.1 Å². The first-order valence-corrected chi connectivity index (χ1v) is 16.7. The summed E-state index contributed by atoms with van der Waals surface area (Å²) in [6.07, 6.45) is 0.652. The summed E-state index contributed by atoms with van der Waals surface area (Å²) < 4.78 is 53.7. The Morgan fingerprint density at radius 2 is 1.71 bits per heavy atom. The van der Waals surface area contributed by atoms with Crippen molar-refractivity contribution in [3.8, 4) is 22.8 Å². The Kier molecular flexibility index (Phi) is 8.76. The highest BCUT2D eigenvalue weighted by molar-refractivity contribution is 6.55. The summed E-state index contributed by atoms with van der Waals surface area (Å²) in [6, 6.07) is 14.6. The molecule has 1 fully saturated rings. The van der Waals surface area contributed by atoms with E-state index in [1.165, 1.54) is 0 Å². The van der Waals surface area contributed by atoms with Gasteiger partial charge in [-0.3, -0.25) is 9.69 Å². The van der Waals surface area contributed by atoms with E-state index >= 15 is 0 Å². The maximum absolute atomic E-state index is 12.7. The molecular weight excluding hydrogens is 553 g/mol. The zero-order chi connectivity index (χ0) is 29.0. The summed E-state index contributed by atoms with van der Waals surface area (Å²) >= 11 is 0. The monoisotopic (exact) mass is 586 g/mol. The van der Waals surface area contributed by atoms with Gasteiger partial charge in [0.25, 0.3) is 0 Å². The number of carbonyl (C=O) groups is 1. The number of carbonyl (C=O) groups excluding carboxylic acids is 1. The lowest BCUT2D eigenvalue weighted by molar-refractivity contribution is -0.187. The van der Waals surface area contributed by atoms with Gasteiger partial charge >= 0.3 is 12.1 Å². The molecule has 4 aromatic rings. The first-order valence-electron chi connectivity index (χ1n) is 13.6. The summed E-state index contributed by atoms with van der Waals surface area (Å²) in [5.74, 6) is -0.452. The van der Waals surface area contributed by atoms with Crippen molar-refractivity contribution in [2.75, 3.05) is 32.8 Å². The zero-order valence-corrected chi connectivity index (χ0v) is 24.2. The maximum atomic E-state index is 12.7. The summed E-state index contributed by atoms with van der Waals surface area (Å²) in [5, 5.41) is 4.39. The number of pyridine rings is 1. The van der Waals surface area contributed by atoms with Crippen LogP contribution in [0.2, 0.25) is 19.1 Å². The van der Waals surface area contributed by atoms with E-state index in [1.807, 2.05) is 68.8 Å². The van der Waals surface area contributed by atoms with Crippen LogP contribution in [-0.2, 0) is 22.8 Å². The normalized spacial score (nSPS) is 14.7. The highest BCUT2D eigenvalue weighted by Gasteiger charge is 2.43. The van der Waals surface area contributed by atoms with Crippen molar-refractivity contribution in [2.24, 2.45) is 0 Å². The second-order valence-corrected chi connectivity index (χ2v) is 13.9. The van der Waals surface area contributed by atoms with Crippen LogP contribution >= 0.6 is 0 Å². The van der Waals surface area contributed by atoms with Crippen molar-refractivity contribution in [1.29, 1.82) is 0 Å². The lowest BCUT2D eigenvalue weighted by atomic mass is 10.1. The van der Waals surface area contributed by atoms with E-state index in [1.54, 1.807) is 6.20 Å². The molecule has 0 radical (unpaired) electrons. The second-order valence-electron chi connectivity index (χ2n) is 10.5. The first-order chi connectivity index (χ1) is 19.7. The molecule has 9 nitrogen and oxygen atoms in total. The number of benzene rings is 1. The molecule has 1 aliphatic rings. The Hall–Kier alpha value is -3.68. The van der Waals surface area contributed by atoms with E-state index in [9.17, 15) is 18.0 Å². The first kappa shape index (κ1) is 28.8. The summed E-state index contributed by atoms with van der Waals surface area (Å²) in [4.78, 5) is 18.9. The molecule has 41 heavy (non-hydrogen) atoms. The average Bonchev–Trinajstić information content (AvgIpc) is 3.57. The minimum Gasteiger partial charge on any atom is -0.456 e. The molecular formula is C28H33F3N6O3Si. The fourth-order valence-electron chi connectivity index (χ4n) is 4.66. The number of amides is 1. The number of alkyl halides is 3. The molecule has 13 heteroatoms. The van der Waals surface area contributed by atoms with E-state index < -0.39 is 20.9 Å². The van der Waals surface area contributed by atoms with Crippen LogP contribution in [0.4, 0.5) is 13.2 Å². The highest BCUT2D eigenvalue weighted by atomic mass is 28.3. The molecule has 0 saturated carbocycles. The lowest BCUT2D eigenvalue weighted by Crippen LogP contribution is -2.52. The number of ether oxygens (including phenoxy) is 2. The number of hydrogen-bond acceptors (Lipinski definition) is 6. The number of nitrogens with zero attached hydrogens (tertiary/aromatic N) is 6. The molecule has 0 atom stereocenters. The molecule has 1 aliphatic heterocycles.